The quantitative estimate of drug-likeness (QED) is 0.833. The molecule has 19 heavy (non-hydrogen) atoms. The van der Waals surface area contributed by atoms with E-state index < -0.39 is 9.84 Å². The molecule has 1 fully saturated rings. The van der Waals surface area contributed by atoms with Crippen LogP contribution in [0.25, 0.3) is 0 Å². The summed E-state index contributed by atoms with van der Waals surface area (Å²) < 4.78 is 24.6. The number of nitrogens with zero attached hydrogens (tertiary/aromatic N) is 2. The van der Waals surface area contributed by atoms with E-state index in [0.717, 1.165) is 0 Å². The Kier molecular flexibility index (Phi) is 4.42. The fourth-order valence-corrected chi connectivity index (χ4v) is 4.17. The van der Waals surface area contributed by atoms with Crippen LogP contribution in [0.4, 0.5) is 0 Å². The topological polar surface area (TPSA) is 81.1 Å². The first-order valence-electron chi connectivity index (χ1n) is 6.05. The average molecular weight is 350 g/mol. The van der Waals surface area contributed by atoms with E-state index in [4.69, 9.17) is 0 Å². The fraction of sp³-hybridized carbons (Fsp3) is 0.636. The summed E-state index contributed by atoms with van der Waals surface area (Å²) in [6.07, 6.45) is 2.14. The standard InChI is InChI=1S/C11H16BrN3O3S/c1-8-14-6-10(12)11(16)15(8)4-3-13-9-2-5-19(17,18)7-9/h6,9,13H,2-5,7H2,1H3. The molecule has 0 saturated carbocycles. The molecule has 0 radical (unpaired) electrons. The number of hydrogen-bond donors (Lipinski definition) is 1. The van der Waals surface area contributed by atoms with Gasteiger partial charge in [0.2, 0.25) is 0 Å². The van der Waals surface area contributed by atoms with Gasteiger partial charge in [-0.2, -0.15) is 0 Å². The normalized spacial score (nSPS) is 21.7. The van der Waals surface area contributed by atoms with Gasteiger partial charge in [0, 0.05) is 25.3 Å². The van der Waals surface area contributed by atoms with Crippen LogP contribution in [-0.2, 0) is 16.4 Å². The lowest BCUT2D eigenvalue weighted by molar-refractivity contribution is 0.505. The van der Waals surface area contributed by atoms with Crippen molar-refractivity contribution in [1.29, 1.82) is 0 Å². The van der Waals surface area contributed by atoms with Gasteiger partial charge in [-0.1, -0.05) is 0 Å². The number of halogens is 1. The molecule has 0 bridgehead atoms. The highest BCUT2D eigenvalue weighted by Gasteiger charge is 2.27. The largest absolute Gasteiger partial charge is 0.311 e. The summed E-state index contributed by atoms with van der Waals surface area (Å²) in [4.78, 5) is 16.0. The molecule has 1 unspecified atom stereocenters. The first-order valence-corrected chi connectivity index (χ1v) is 8.66. The van der Waals surface area contributed by atoms with Gasteiger partial charge in [0.05, 0.1) is 11.5 Å². The van der Waals surface area contributed by atoms with Crippen LogP contribution in [0.3, 0.4) is 0 Å². The van der Waals surface area contributed by atoms with E-state index >= 15 is 0 Å². The van der Waals surface area contributed by atoms with Crippen LogP contribution in [0.2, 0.25) is 0 Å². The Balaban J connectivity index is 1.94. The minimum atomic E-state index is -2.86. The molecule has 1 aromatic heterocycles. The van der Waals surface area contributed by atoms with Gasteiger partial charge in [0.15, 0.2) is 9.84 Å². The van der Waals surface area contributed by atoms with E-state index in [1.165, 1.54) is 6.20 Å². The lowest BCUT2D eigenvalue weighted by Gasteiger charge is -2.13. The zero-order valence-corrected chi connectivity index (χ0v) is 13.0. The lowest BCUT2D eigenvalue weighted by atomic mass is 10.2. The third-order valence-electron chi connectivity index (χ3n) is 3.21. The number of aryl methyl sites for hydroxylation is 1. The highest BCUT2D eigenvalue weighted by Crippen LogP contribution is 2.10. The van der Waals surface area contributed by atoms with Crippen molar-refractivity contribution >= 4 is 25.8 Å². The van der Waals surface area contributed by atoms with Crippen LogP contribution in [-0.4, -0.2) is 42.1 Å². The first kappa shape index (κ1) is 14.7. The molecule has 0 amide bonds. The summed E-state index contributed by atoms with van der Waals surface area (Å²) in [5.74, 6) is 1.09. The van der Waals surface area contributed by atoms with Gasteiger partial charge in [0.1, 0.15) is 10.3 Å². The van der Waals surface area contributed by atoms with Crippen molar-refractivity contribution < 1.29 is 8.42 Å². The Morgan fingerprint density at radius 2 is 2.32 bits per heavy atom. The number of aromatic nitrogens is 2. The van der Waals surface area contributed by atoms with Gasteiger partial charge >= 0.3 is 0 Å². The number of nitrogens with one attached hydrogen (secondary N) is 1. The maximum atomic E-state index is 11.9. The van der Waals surface area contributed by atoms with Crippen LogP contribution in [0.15, 0.2) is 15.5 Å². The second-order valence-electron chi connectivity index (χ2n) is 4.66. The second-order valence-corrected chi connectivity index (χ2v) is 7.75. The second kappa shape index (κ2) is 5.72. The number of hydrogen-bond acceptors (Lipinski definition) is 5. The number of sulfone groups is 1. The predicted octanol–water partition coefficient (Wildman–Crippen LogP) is 0.0909. The highest BCUT2D eigenvalue weighted by molar-refractivity contribution is 9.10. The van der Waals surface area contributed by atoms with Crippen molar-refractivity contribution in [3.63, 3.8) is 0 Å². The van der Waals surface area contributed by atoms with Gasteiger partial charge < -0.3 is 5.32 Å². The molecule has 1 aromatic rings. The summed E-state index contributed by atoms with van der Waals surface area (Å²) in [6, 6.07) is 0.00104. The van der Waals surface area contributed by atoms with Crippen LogP contribution < -0.4 is 10.9 Å². The van der Waals surface area contributed by atoms with Crippen molar-refractivity contribution in [3.8, 4) is 0 Å². The van der Waals surface area contributed by atoms with Gasteiger partial charge in [0.25, 0.3) is 5.56 Å². The molecule has 8 heteroatoms. The Bertz CT molecular complexity index is 627. The van der Waals surface area contributed by atoms with Crippen molar-refractivity contribution in [3.05, 3.63) is 26.8 Å². The molecule has 1 N–H and O–H groups in total. The van der Waals surface area contributed by atoms with Crippen molar-refractivity contribution in [2.45, 2.75) is 25.9 Å². The van der Waals surface area contributed by atoms with E-state index in [-0.39, 0.29) is 23.1 Å². The van der Waals surface area contributed by atoms with E-state index in [0.29, 0.717) is 29.8 Å². The molecule has 1 aliphatic rings. The molecule has 0 aromatic carbocycles. The van der Waals surface area contributed by atoms with Crippen LogP contribution in [0, 0.1) is 6.92 Å². The monoisotopic (exact) mass is 349 g/mol. The van der Waals surface area contributed by atoms with Gasteiger partial charge in [-0.05, 0) is 29.3 Å². The summed E-state index contributed by atoms with van der Waals surface area (Å²) in [5, 5.41) is 3.18. The van der Waals surface area contributed by atoms with E-state index in [2.05, 4.69) is 26.2 Å². The van der Waals surface area contributed by atoms with E-state index in [1.54, 1.807) is 11.5 Å². The molecule has 1 aliphatic heterocycles. The molecule has 106 valence electrons. The van der Waals surface area contributed by atoms with Crippen molar-refractivity contribution in [1.82, 2.24) is 14.9 Å². The molecular formula is C11H16BrN3O3S. The molecule has 2 heterocycles. The van der Waals surface area contributed by atoms with Crippen molar-refractivity contribution in [2.75, 3.05) is 18.1 Å². The van der Waals surface area contributed by atoms with Crippen LogP contribution >= 0.6 is 15.9 Å². The molecule has 1 atom stereocenters. The molecule has 0 spiro atoms. The van der Waals surface area contributed by atoms with E-state index in [1.807, 2.05) is 0 Å². The molecule has 0 aliphatic carbocycles. The van der Waals surface area contributed by atoms with Crippen molar-refractivity contribution in [2.24, 2.45) is 0 Å². The average Bonchev–Trinajstić information content (AvgIpc) is 2.68. The molecule has 1 saturated heterocycles. The predicted molar refractivity (Wildman–Crippen MR) is 76.0 cm³/mol. The third kappa shape index (κ3) is 3.64. The Hall–Kier alpha value is -0.730. The van der Waals surface area contributed by atoms with E-state index in [9.17, 15) is 13.2 Å². The maximum absolute atomic E-state index is 11.9. The summed E-state index contributed by atoms with van der Waals surface area (Å²) >= 11 is 3.16. The molecule has 2 rings (SSSR count). The van der Waals surface area contributed by atoms with Gasteiger partial charge in [-0.25, -0.2) is 13.4 Å². The molecule has 6 nitrogen and oxygen atoms in total. The Morgan fingerprint density at radius 1 is 1.58 bits per heavy atom. The van der Waals surface area contributed by atoms with Gasteiger partial charge in [-0.15, -0.1) is 0 Å². The zero-order valence-electron chi connectivity index (χ0n) is 10.6. The highest BCUT2D eigenvalue weighted by atomic mass is 79.9. The lowest BCUT2D eigenvalue weighted by Crippen LogP contribution is -2.35. The van der Waals surface area contributed by atoms with Crippen LogP contribution in [0.1, 0.15) is 12.2 Å². The summed E-state index contributed by atoms with van der Waals surface area (Å²) in [7, 11) is -2.86. The first-order chi connectivity index (χ1) is 8.89. The summed E-state index contributed by atoms with van der Waals surface area (Å²) in [6.45, 7) is 2.81. The SMILES string of the molecule is Cc1ncc(Br)c(=O)n1CCNC1CCS(=O)(=O)C1. The minimum Gasteiger partial charge on any atom is -0.311 e. The maximum Gasteiger partial charge on any atom is 0.267 e. The summed E-state index contributed by atoms with van der Waals surface area (Å²) in [5.41, 5.74) is -0.117. The molecular weight excluding hydrogens is 334 g/mol. The Morgan fingerprint density at radius 3 is 2.95 bits per heavy atom. The third-order valence-corrected chi connectivity index (χ3v) is 5.52. The van der Waals surface area contributed by atoms with Gasteiger partial charge in [-0.3, -0.25) is 9.36 Å². The minimum absolute atomic E-state index is 0.00104. The van der Waals surface area contributed by atoms with Crippen LogP contribution in [0.5, 0.6) is 0 Å². The smallest absolute Gasteiger partial charge is 0.267 e. The number of rotatable bonds is 4. The Labute approximate surface area is 120 Å². The zero-order chi connectivity index (χ0) is 14.0. The fourth-order valence-electron chi connectivity index (χ4n) is 2.15.